The van der Waals surface area contributed by atoms with Gasteiger partial charge in [0, 0.05) is 20.0 Å². The molecule has 21 heavy (non-hydrogen) atoms. The lowest BCUT2D eigenvalue weighted by Crippen LogP contribution is -2.38. The zero-order valence-corrected chi connectivity index (χ0v) is 13.8. The number of hydrogen-bond donors (Lipinski definition) is 1. The lowest BCUT2D eigenvalue weighted by Gasteiger charge is -2.31. The number of nitrogens with one attached hydrogen (secondary N) is 1. The Morgan fingerprint density at radius 2 is 2.14 bits per heavy atom. The van der Waals surface area contributed by atoms with Crippen molar-refractivity contribution in [1.29, 1.82) is 0 Å². The first-order valence-electron chi connectivity index (χ1n) is 9.08. The molecule has 1 N–H and O–H groups in total. The zero-order valence-electron chi connectivity index (χ0n) is 13.8. The Bertz CT molecular complexity index is 364. The molecule has 2 saturated carbocycles. The second-order valence-electron chi connectivity index (χ2n) is 8.00. The van der Waals surface area contributed by atoms with Crippen LogP contribution in [0.25, 0.3) is 0 Å². The van der Waals surface area contributed by atoms with Crippen LogP contribution >= 0.6 is 0 Å². The molecule has 0 radical (unpaired) electrons. The minimum Gasteiger partial charge on any atom is -0.345 e. The fraction of sp³-hybridized carbons (Fsp3) is 0.944. The number of carbonyl (C=O) groups is 1. The second kappa shape index (κ2) is 6.68. The van der Waals surface area contributed by atoms with E-state index in [2.05, 4.69) is 12.2 Å². The Hall–Kier alpha value is -0.570. The molecule has 2 bridgehead atoms. The number of nitrogens with zero attached hydrogens (tertiary/aromatic N) is 1. The summed E-state index contributed by atoms with van der Waals surface area (Å²) in [5.41, 5.74) is 0. The minimum atomic E-state index is 0.371. The van der Waals surface area contributed by atoms with Crippen LogP contribution in [0.2, 0.25) is 0 Å². The Kier molecular flexibility index (Phi) is 4.88. The molecule has 3 heteroatoms. The molecule has 3 nitrogen and oxygen atoms in total. The molecular formula is C18H32N2O. The highest BCUT2D eigenvalue weighted by Gasteiger charge is 2.40. The molecule has 2 aliphatic carbocycles. The van der Waals surface area contributed by atoms with Gasteiger partial charge in [-0.05, 0) is 74.8 Å². The molecule has 5 atom stereocenters. The number of fused-ring (bicyclic) bond motifs is 2. The summed E-state index contributed by atoms with van der Waals surface area (Å²) >= 11 is 0. The first kappa shape index (κ1) is 15.3. The molecule has 0 spiro atoms. The third-order valence-corrected chi connectivity index (χ3v) is 6.45. The summed E-state index contributed by atoms with van der Waals surface area (Å²) in [4.78, 5) is 14.5. The van der Waals surface area contributed by atoms with Gasteiger partial charge in [0.15, 0.2) is 0 Å². The van der Waals surface area contributed by atoms with E-state index in [-0.39, 0.29) is 0 Å². The topological polar surface area (TPSA) is 32.3 Å². The standard InChI is InChI=1S/C18H32N2O/c1-13(16-4-3-7-19-11-16)8-18(21)20(2)12-17-10-14-5-6-15(17)9-14/h13-17,19H,3-12H2,1-2H3. The summed E-state index contributed by atoms with van der Waals surface area (Å²) in [6.45, 7) is 5.53. The van der Waals surface area contributed by atoms with Crippen LogP contribution in [0.5, 0.6) is 0 Å². The van der Waals surface area contributed by atoms with Crippen LogP contribution in [0.1, 0.15) is 51.9 Å². The van der Waals surface area contributed by atoms with Gasteiger partial charge in [-0.25, -0.2) is 0 Å². The van der Waals surface area contributed by atoms with E-state index in [1.54, 1.807) is 0 Å². The van der Waals surface area contributed by atoms with Crippen LogP contribution in [0.15, 0.2) is 0 Å². The quantitative estimate of drug-likeness (QED) is 0.845. The highest BCUT2D eigenvalue weighted by Crippen LogP contribution is 2.48. The van der Waals surface area contributed by atoms with Crippen molar-refractivity contribution in [3.63, 3.8) is 0 Å². The maximum atomic E-state index is 12.5. The Morgan fingerprint density at radius 1 is 1.29 bits per heavy atom. The fourth-order valence-corrected chi connectivity index (χ4v) is 5.02. The Labute approximate surface area is 129 Å². The van der Waals surface area contributed by atoms with Gasteiger partial charge < -0.3 is 10.2 Å². The van der Waals surface area contributed by atoms with Crippen molar-refractivity contribution in [3.8, 4) is 0 Å². The van der Waals surface area contributed by atoms with Gasteiger partial charge in [-0.2, -0.15) is 0 Å². The van der Waals surface area contributed by atoms with E-state index in [1.807, 2.05) is 11.9 Å². The summed E-state index contributed by atoms with van der Waals surface area (Å²) in [6, 6.07) is 0. The van der Waals surface area contributed by atoms with Crippen molar-refractivity contribution in [2.75, 3.05) is 26.7 Å². The van der Waals surface area contributed by atoms with Crippen LogP contribution < -0.4 is 5.32 Å². The van der Waals surface area contributed by atoms with Crippen molar-refractivity contribution >= 4 is 5.91 Å². The molecule has 0 aromatic heterocycles. The lowest BCUT2D eigenvalue weighted by molar-refractivity contribution is -0.132. The highest BCUT2D eigenvalue weighted by molar-refractivity contribution is 5.76. The lowest BCUT2D eigenvalue weighted by atomic mass is 9.85. The predicted molar refractivity (Wildman–Crippen MR) is 85.9 cm³/mol. The van der Waals surface area contributed by atoms with Crippen LogP contribution in [0.3, 0.4) is 0 Å². The van der Waals surface area contributed by atoms with Crippen LogP contribution in [-0.4, -0.2) is 37.5 Å². The Balaban J connectivity index is 1.43. The molecule has 120 valence electrons. The van der Waals surface area contributed by atoms with Crippen LogP contribution in [-0.2, 0) is 4.79 Å². The fourth-order valence-electron chi connectivity index (χ4n) is 5.02. The summed E-state index contributed by atoms with van der Waals surface area (Å²) in [7, 11) is 2.03. The van der Waals surface area contributed by atoms with Crippen molar-refractivity contribution in [2.45, 2.75) is 51.9 Å². The summed E-state index contributed by atoms with van der Waals surface area (Å²) < 4.78 is 0. The molecule has 3 rings (SSSR count). The van der Waals surface area contributed by atoms with Gasteiger partial charge in [0.25, 0.3) is 0 Å². The van der Waals surface area contributed by atoms with Crippen molar-refractivity contribution in [2.24, 2.45) is 29.6 Å². The average molecular weight is 292 g/mol. The molecule has 3 fully saturated rings. The number of rotatable bonds is 5. The molecule has 1 saturated heterocycles. The van der Waals surface area contributed by atoms with Gasteiger partial charge in [0.1, 0.15) is 0 Å². The minimum absolute atomic E-state index is 0.371. The monoisotopic (exact) mass is 292 g/mol. The largest absolute Gasteiger partial charge is 0.345 e. The first-order chi connectivity index (χ1) is 10.1. The van der Waals surface area contributed by atoms with Gasteiger partial charge in [-0.1, -0.05) is 13.3 Å². The molecule has 3 aliphatic rings. The van der Waals surface area contributed by atoms with E-state index in [9.17, 15) is 4.79 Å². The summed E-state index contributed by atoms with van der Waals surface area (Å²) in [5, 5.41) is 3.47. The molecular weight excluding hydrogens is 260 g/mol. The molecule has 1 aliphatic heterocycles. The maximum absolute atomic E-state index is 12.5. The maximum Gasteiger partial charge on any atom is 0.222 e. The number of piperidine rings is 1. The number of amides is 1. The molecule has 1 heterocycles. The van der Waals surface area contributed by atoms with Crippen LogP contribution in [0.4, 0.5) is 0 Å². The predicted octanol–water partition coefficient (Wildman–Crippen LogP) is 2.91. The van der Waals surface area contributed by atoms with Gasteiger partial charge in [-0.3, -0.25) is 4.79 Å². The summed E-state index contributed by atoms with van der Waals surface area (Å²) in [5.74, 6) is 4.28. The molecule has 1 amide bonds. The van der Waals surface area contributed by atoms with E-state index in [1.165, 1.54) is 38.5 Å². The smallest absolute Gasteiger partial charge is 0.222 e. The van der Waals surface area contributed by atoms with E-state index in [0.29, 0.717) is 17.7 Å². The molecule has 0 aromatic rings. The van der Waals surface area contributed by atoms with Gasteiger partial charge in [0.2, 0.25) is 5.91 Å². The molecule has 0 aromatic carbocycles. The van der Waals surface area contributed by atoms with Gasteiger partial charge >= 0.3 is 0 Å². The van der Waals surface area contributed by atoms with Crippen molar-refractivity contribution in [1.82, 2.24) is 10.2 Å². The number of hydrogen-bond acceptors (Lipinski definition) is 2. The van der Waals surface area contributed by atoms with E-state index in [4.69, 9.17) is 0 Å². The first-order valence-corrected chi connectivity index (χ1v) is 9.08. The van der Waals surface area contributed by atoms with Crippen LogP contribution in [0, 0.1) is 29.6 Å². The summed E-state index contributed by atoms with van der Waals surface area (Å²) in [6.07, 6.45) is 8.98. The number of carbonyl (C=O) groups excluding carboxylic acids is 1. The normalized spacial score (nSPS) is 36.7. The average Bonchev–Trinajstić information content (AvgIpc) is 3.10. The third kappa shape index (κ3) is 3.61. The Morgan fingerprint density at radius 3 is 2.76 bits per heavy atom. The SMILES string of the molecule is CC(CC(=O)N(C)CC1CC2CCC1C2)C1CCCNC1. The van der Waals surface area contributed by atoms with Gasteiger partial charge in [0.05, 0.1) is 0 Å². The van der Waals surface area contributed by atoms with Gasteiger partial charge in [-0.15, -0.1) is 0 Å². The van der Waals surface area contributed by atoms with E-state index < -0.39 is 0 Å². The van der Waals surface area contributed by atoms with Crippen molar-refractivity contribution < 1.29 is 4.79 Å². The second-order valence-corrected chi connectivity index (χ2v) is 8.00. The van der Waals surface area contributed by atoms with E-state index in [0.717, 1.165) is 43.8 Å². The van der Waals surface area contributed by atoms with E-state index >= 15 is 0 Å². The molecule has 5 unspecified atom stereocenters. The third-order valence-electron chi connectivity index (χ3n) is 6.45. The zero-order chi connectivity index (χ0) is 14.8. The highest BCUT2D eigenvalue weighted by atomic mass is 16.2. The van der Waals surface area contributed by atoms with Crippen molar-refractivity contribution in [3.05, 3.63) is 0 Å².